The van der Waals surface area contributed by atoms with Gasteiger partial charge in [-0.3, -0.25) is 9.78 Å². The Morgan fingerprint density at radius 2 is 2.12 bits per heavy atom. The summed E-state index contributed by atoms with van der Waals surface area (Å²) in [5, 5.41) is 6.62. The Labute approximate surface area is 101 Å². The summed E-state index contributed by atoms with van der Waals surface area (Å²) in [5.74, 6) is 0.608. The minimum absolute atomic E-state index is 0.0172. The van der Waals surface area contributed by atoms with Gasteiger partial charge in [0.2, 0.25) is 5.95 Å². The molecule has 0 saturated carbocycles. The lowest BCUT2D eigenvalue weighted by atomic mass is 10.1. The smallest absolute Gasteiger partial charge is 0.255 e. The van der Waals surface area contributed by atoms with E-state index in [0.29, 0.717) is 12.0 Å². The highest BCUT2D eigenvalue weighted by Crippen LogP contribution is 2.09. The summed E-state index contributed by atoms with van der Waals surface area (Å²) in [4.78, 5) is 19.0. The zero-order chi connectivity index (χ0) is 12.3. The number of hydrogen-bond acceptors (Lipinski definition) is 4. The molecule has 1 saturated heterocycles. The molecule has 0 unspecified atom stereocenters. The number of nitrogens with one attached hydrogen (secondary N) is 3. The molecule has 1 aliphatic heterocycles. The number of H-pyrrole nitrogens is 1. The second-order valence-electron chi connectivity index (χ2n) is 4.50. The van der Waals surface area contributed by atoms with Crippen LogP contribution < -0.4 is 16.2 Å². The highest BCUT2D eigenvalue weighted by Gasteiger charge is 2.14. The van der Waals surface area contributed by atoms with Crippen LogP contribution in [0.3, 0.4) is 0 Å². The second kappa shape index (κ2) is 5.31. The molecule has 0 bridgehead atoms. The first-order valence-corrected chi connectivity index (χ1v) is 6.27. The lowest BCUT2D eigenvalue weighted by Gasteiger charge is -2.24. The van der Waals surface area contributed by atoms with E-state index < -0.39 is 0 Å². The number of nitrogens with zero attached hydrogens (tertiary/aromatic N) is 1. The molecular formula is C12H20N4O. The molecule has 94 valence electrons. The van der Waals surface area contributed by atoms with E-state index in [1.165, 1.54) is 0 Å². The third-order valence-corrected chi connectivity index (χ3v) is 3.26. The average molecular weight is 236 g/mol. The molecule has 0 amide bonds. The van der Waals surface area contributed by atoms with Gasteiger partial charge >= 0.3 is 0 Å². The molecule has 1 aromatic heterocycles. The fraction of sp³-hybridized carbons (Fsp3) is 0.667. The van der Waals surface area contributed by atoms with Crippen LogP contribution in [0, 0.1) is 6.92 Å². The Morgan fingerprint density at radius 3 is 2.71 bits per heavy atom. The van der Waals surface area contributed by atoms with Gasteiger partial charge in [-0.25, -0.2) is 4.98 Å². The molecule has 2 heterocycles. The van der Waals surface area contributed by atoms with Gasteiger partial charge in [0.15, 0.2) is 0 Å². The Hall–Kier alpha value is -1.36. The second-order valence-corrected chi connectivity index (χ2v) is 4.50. The van der Waals surface area contributed by atoms with E-state index in [2.05, 4.69) is 20.6 Å². The molecule has 1 aliphatic rings. The van der Waals surface area contributed by atoms with Gasteiger partial charge in [0.25, 0.3) is 5.56 Å². The molecule has 0 aromatic carbocycles. The Balaban J connectivity index is 2.13. The number of aromatic amines is 1. The van der Waals surface area contributed by atoms with Crippen LogP contribution in [0.2, 0.25) is 0 Å². The monoisotopic (exact) mass is 236 g/mol. The summed E-state index contributed by atoms with van der Waals surface area (Å²) in [5.41, 5.74) is 1.59. The first-order chi connectivity index (χ1) is 8.20. The van der Waals surface area contributed by atoms with Crippen molar-refractivity contribution in [1.82, 2.24) is 15.3 Å². The number of piperidine rings is 1. The summed E-state index contributed by atoms with van der Waals surface area (Å²) in [6, 6.07) is 0.409. The van der Waals surface area contributed by atoms with Crippen LogP contribution in [-0.4, -0.2) is 29.1 Å². The summed E-state index contributed by atoms with van der Waals surface area (Å²) < 4.78 is 0. The Morgan fingerprint density at radius 1 is 1.41 bits per heavy atom. The molecule has 17 heavy (non-hydrogen) atoms. The molecule has 0 aliphatic carbocycles. The van der Waals surface area contributed by atoms with Crippen molar-refractivity contribution >= 4 is 5.95 Å². The summed E-state index contributed by atoms with van der Waals surface area (Å²) in [6.07, 6.45) is 2.86. The van der Waals surface area contributed by atoms with E-state index in [0.717, 1.165) is 43.6 Å². The van der Waals surface area contributed by atoms with Crippen molar-refractivity contribution in [3.63, 3.8) is 0 Å². The largest absolute Gasteiger partial charge is 0.353 e. The van der Waals surface area contributed by atoms with Gasteiger partial charge in [-0.2, -0.15) is 0 Å². The van der Waals surface area contributed by atoms with Crippen molar-refractivity contribution in [2.75, 3.05) is 18.4 Å². The molecule has 1 fully saturated rings. The van der Waals surface area contributed by atoms with E-state index in [1.807, 2.05) is 13.8 Å². The lowest BCUT2D eigenvalue weighted by Crippen LogP contribution is -2.36. The minimum Gasteiger partial charge on any atom is -0.353 e. The van der Waals surface area contributed by atoms with Gasteiger partial charge < -0.3 is 10.6 Å². The van der Waals surface area contributed by atoms with E-state index in [4.69, 9.17) is 0 Å². The number of hydrogen-bond donors (Lipinski definition) is 3. The number of rotatable bonds is 3. The zero-order valence-electron chi connectivity index (χ0n) is 10.5. The summed E-state index contributed by atoms with van der Waals surface area (Å²) in [6.45, 7) is 5.91. The van der Waals surface area contributed by atoms with Crippen LogP contribution in [0.15, 0.2) is 4.79 Å². The van der Waals surface area contributed by atoms with Crippen LogP contribution >= 0.6 is 0 Å². The standard InChI is InChI=1S/C12H20N4O/c1-3-10-8(2)14-12(16-11(10)17)15-9-4-6-13-7-5-9/h9,13H,3-7H2,1-2H3,(H2,14,15,16,17). The average Bonchev–Trinajstić information content (AvgIpc) is 2.30. The van der Waals surface area contributed by atoms with Gasteiger partial charge in [0.05, 0.1) is 0 Å². The normalized spacial score (nSPS) is 17.1. The number of aryl methyl sites for hydroxylation is 1. The fourth-order valence-electron chi connectivity index (χ4n) is 2.25. The first-order valence-electron chi connectivity index (χ1n) is 6.27. The van der Waals surface area contributed by atoms with Crippen molar-refractivity contribution in [1.29, 1.82) is 0 Å². The quantitative estimate of drug-likeness (QED) is 0.726. The molecule has 3 N–H and O–H groups in total. The van der Waals surface area contributed by atoms with Crippen LogP contribution in [0.1, 0.15) is 31.0 Å². The SMILES string of the molecule is CCc1c(C)nc(NC2CCNCC2)[nH]c1=O. The molecular weight excluding hydrogens is 216 g/mol. The highest BCUT2D eigenvalue weighted by atomic mass is 16.1. The van der Waals surface area contributed by atoms with Crippen molar-refractivity contribution in [3.05, 3.63) is 21.6 Å². The van der Waals surface area contributed by atoms with Gasteiger partial charge in [0, 0.05) is 17.3 Å². The number of aromatic nitrogens is 2. The predicted octanol–water partition coefficient (Wildman–Crippen LogP) is 0.805. The first kappa shape index (κ1) is 12.1. The maximum atomic E-state index is 11.8. The molecule has 5 heteroatoms. The molecule has 1 aromatic rings. The molecule has 0 atom stereocenters. The Bertz CT molecular complexity index is 435. The van der Waals surface area contributed by atoms with Gasteiger partial charge in [-0.1, -0.05) is 6.92 Å². The van der Waals surface area contributed by atoms with Crippen LogP contribution in [0.25, 0.3) is 0 Å². The predicted molar refractivity (Wildman–Crippen MR) is 68.5 cm³/mol. The van der Waals surface area contributed by atoms with E-state index in [1.54, 1.807) is 0 Å². The van der Waals surface area contributed by atoms with Gasteiger partial charge in [-0.05, 0) is 39.3 Å². The molecule has 2 rings (SSSR count). The third-order valence-electron chi connectivity index (χ3n) is 3.26. The maximum absolute atomic E-state index is 11.8. The van der Waals surface area contributed by atoms with Crippen molar-refractivity contribution in [3.8, 4) is 0 Å². The van der Waals surface area contributed by atoms with E-state index in [-0.39, 0.29) is 5.56 Å². The van der Waals surface area contributed by atoms with Crippen LogP contribution in [0.5, 0.6) is 0 Å². The van der Waals surface area contributed by atoms with Crippen LogP contribution in [-0.2, 0) is 6.42 Å². The van der Waals surface area contributed by atoms with Crippen molar-refractivity contribution < 1.29 is 0 Å². The zero-order valence-corrected chi connectivity index (χ0v) is 10.5. The van der Waals surface area contributed by atoms with Gasteiger partial charge in [0.1, 0.15) is 0 Å². The highest BCUT2D eigenvalue weighted by molar-refractivity contribution is 5.30. The fourth-order valence-corrected chi connectivity index (χ4v) is 2.25. The minimum atomic E-state index is -0.0172. The Kier molecular flexibility index (Phi) is 3.78. The third kappa shape index (κ3) is 2.85. The molecule has 0 radical (unpaired) electrons. The topological polar surface area (TPSA) is 69.8 Å². The van der Waals surface area contributed by atoms with E-state index >= 15 is 0 Å². The molecule has 5 nitrogen and oxygen atoms in total. The van der Waals surface area contributed by atoms with Crippen molar-refractivity contribution in [2.45, 2.75) is 39.2 Å². The summed E-state index contributed by atoms with van der Waals surface area (Å²) >= 11 is 0. The summed E-state index contributed by atoms with van der Waals surface area (Å²) in [7, 11) is 0. The maximum Gasteiger partial charge on any atom is 0.255 e. The molecule has 0 spiro atoms. The number of anilines is 1. The lowest BCUT2D eigenvalue weighted by molar-refractivity contribution is 0.477. The van der Waals surface area contributed by atoms with Crippen LogP contribution in [0.4, 0.5) is 5.95 Å². The van der Waals surface area contributed by atoms with Crippen molar-refractivity contribution in [2.24, 2.45) is 0 Å². The van der Waals surface area contributed by atoms with Gasteiger partial charge in [-0.15, -0.1) is 0 Å². The van der Waals surface area contributed by atoms with E-state index in [9.17, 15) is 4.79 Å².